The van der Waals surface area contributed by atoms with E-state index < -0.39 is 11.6 Å². The minimum Gasteiger partial charge on any atom is -0.493 e. The van der Waals surface area contributed by atoms with Crippen molar-refractivity contribution in [1.82, 2.24) is 15.1 Å². The maximum atomic E-state index is 13.4. The quantitative estimate of drug-likeness (QED) is 0.727. The molecule has 8 nitrogen and oxygen atoms in total. The normalized spacial score (nSPS) is 20.5. The lowest BCUT2D eigenvalue weighted by Crippen LogP contribution is -2.59. The number of para-hydroxylation sites is 1. The van der Waals surface area contributed by atoms with E-state index in [-0.39, 0.29) is 24.9 Å². The number of rotatable bonds is 5. The molecule has 2 aliphatic heterocycles. The fourth-order valence-corrected chi connectivity index (χ4v) is 4.43. The van der Waals surface area contributed by atoms with Crippen molar-refractivity contribution in [3.05, 3.63) is 59.2 Å². The van der Waals surface area contributed by atoms with Crippen LogP contribution in [0.1, 0.15) is 34.3 Å². The van der Waals surface area contributed by atoms with Gasteiger partial charge in [0.25, 0.3) is 11.8 Å². The second kappa shape index (κ2) is 8.53. The van der Waals surface area contributed by atoms with Crippen LogP contribution in [0, 0.1) is 6.92 Å². The molecule has 4 rings (SSSR count). The van der Waals surface area contributed by atoms with Crippen LogP contribution in [0.15, 0.2) is 42.5 Å². The Balaban J connectivity index is 1.56. The molecule has 2 saturated heterocycles. The molecule has 0 bridgehead atoms. The SMILES string of the molecule is COc1cccc(C(=O)N2CCCC3(C2)NC(=O)N(Cc2ccc(C)cc2)C3=O)c1OC. The minimum absolute atomic E-state index is 0.112. The first-order valence-corrected chi connectivity index (χ1v) is 10.6. The number of carbonyl (C=O) groups excluding carboxylic acids is 3. The van der Waals surface area contributed by atoms with E-state index in [0.717, 1.165) is 11.1 Å². The van der Waals surface area contributed by atoms with Gasteiger partial charge in [-0.05, 0) is 37.5 Å². The lowest BCUT2D eigenvalue weighted by Gasteiger charge is -2.38. The van der Waals surface area contributed by atoms with Gasteiger partial charge in [-0.15, -0.1) is 0 Å². The Bertz CT molecular complexity index is 1050. The maximum absolute atomic E-state index is 13.4. The molecule has 2 fully saturated rings. The van der Waals surface area contributed by atoms with Crippen molar-refractivity contribution in [1.29, 1.82) is 0 Å². The van der Waals surface area contributed by atoms with Gasteiger partial charge >= 0.3 is 6.03 Å². The summed E-state index contributed by atoms with van der Waals surface area (Å²) in [7, 11) is 2.99. The standard InChI is InChI=1S/C24H27N3O5/c1-16-8-10-17(11-9-16)14-27-22(29)24(25-23(27)30)12-5-13-26(15-24)21(28)18-6-4-7-19(31-2)20(18)32-3/h4,6-11H,5,12-15H2,1-3H3,(H,25,30). The first-order valence-electron chi connectivity index (χ1n) is 10.6. The number of imide groups is 1. The molecule has 1 unspecified atom stereocenters. The first-order chi connectivity index (χ1) is 15.4. The van der Waals surface area contributed by atoms with Crippen LogP contribution in [0.4, 0.5) is 4.79 Å². The number of nitrogens with zero attached hydrogens (tertiary/aromatic N) is 2. The number of likely N-dealkylation sites (tertiary alicyclic amines) is 1. The number of hydrogen-bond donors (Lipinski definition) is 1. The van der Waals surface area contributed by atoms with Gasteiger partial charge in [0.1, 0.15) is 5.54 Å². The van der Waals surface area contributed by atoms with Crippen molar-refractivity contribution in [2.45, 2.75) is 31.8 Å². The number of ether oxygens (including phenoxy) is 2. The lowest BCUT2D eigenvalue weighted by molar-refractivity contribution is -0.133. The Labute approximate surface area is 187 Å². The Morgan fingerprint density at radius 3 is 2.53 bits per heavy atom. The maximum Gasteiger partial charge on any atom is 0.325 e. The van der Waals surface area contributed by atoms with Crippen molar-refractivity contribution >= 4 is 17.8 Å². The minimum atomic E-state index is -1.11. The molecule has 0 aromatic heterocycles. The monoisotopic (exact) mass is 437 g/mol. The molecule has 4 amide bonds. The van der Waals surface area contributed by atoms with Gasteiger partial charge in [-0.1, -0.05) is 35.9 Å². The summed E-state index contributed by atoms with van der Waals surface area (Å²) in [6, 6.07) is 12.4. The summed E-state index contributed by atoms with van der Waals surface area (Å²) in [6.07, 6.45) is 1.09. The zero-order chi connectivity index (χ0) is 22.9. The van der Waals surface area contributed by atoms with Gasteiger partial charge in [0, 0.05) is 6.54 Å². The van der Waals surface area contributed by atoms with Crippen molar-refractivity contribution in [3.8, 4) is 11.5 Å². The fraction of sp³-hybridized carbons (Fsp3) is 0.375. The zero-order valence-corrected chi connectivity index (χ0v) is 18.5. The smallest absolute Gasteiger partial charge is 0.325 e. The Kier molecular flexibility index (Phi) is 5.78. The van der Waals surface area contributed by atoms with Gasteiger partial charge in [0.15, 0.2) is 11.5 Å². The Morgan fingerprint density at radius 2 is 1.84 bits per heavy atom. The number of nitrogens with one attached hydrogen (secondary N) is 1. The van der Waals surface area contributed by atoms with Crippen molar-refractivity contribution in [3.63, 3.8) is 0 Å². The van der Waals surface area contributed by atoms with Crippen LogP contribution in [0.5, 0.6) is 11.5 Å². The molecule has 2 aliphatic rings. The number of piperidine rings is 1. The van der Waals surface area contributed by atoms with Crippen LogP contribution in [0.2, 0.25) is 0 Å². The summed E-state index contributed by atoms with van der Waals surface area (Å²) < 4.78 is 10.7. The largest absolute Gasteiger partial charge is 0.493 e. The molecular formula is C24H27N3O5. The Morgan fingerprint density at radius 1 is 1.09 bits per heavy atom. The van der Waals surface area contributed by atoms with Crippen LogP contribution >= 0.6 is 0 Å². The average molecular weight is 437 g/mol. The average Bonchev–Trinajstić information content (AvgIpc) is 3.02. The molecular weight excluding hydrogens is 410 g/mol. The molecule has 2 aromatic carbocycles. The van der Waals surface area contributed by atoms with Crippen LogP contribution in [-0.4, -0.2) is 60.5 Å². The molecule has 8 heteroatoms. The predicted octanol–water partition coefficient (Wildman–Crippen LogP) is 2.74. The molecule has 1 N–H and O–H groups in total. The van der Waals surface area contributed by atoms with Gasteiger partial charge in [-0.25, -0.2) is 4.79 Å². The van der Waals surface area contributed by atoms with Crippen LogP contribution < -0.4 is 14.8 Å². The van der Waals surface area contributed by atoms with Gasteiger partial charge in [-0.2, -0.15) is 0 Å². The van der Waals surface area contributed by atoms with Gasteiger partial charge in [0.2, 0.25) is 0 Å². The number of hydrogen-bond acceptors (Lipinski definition) is 5. The fourth-order valence-electron chi connectivity index (χ4n) is 4.43. The summed E-state index contributed by atoms with van der Waals surface area (Å²) in [5, 5.41) is 2.88. The van der Waals surface area contributed by atoms with E-state index in [4.69, 9.17) is 9.47 Å². The first kappa shape index (κ1) is 21.7. The second-order valence-corrected chi connectivity index (χ2v) is 8.26. The third-order valence-electron chi connectivity index (χ3n) is 6.12. The number of aryl methyl sites for hydroxylation is 1. The van der Waals surface area contributed by atoms with E-state index in [1.165, 1.54) is 19.1 Å². The number of methoxy groups -OCH3 is 2. The molecule has 0 radical (unpaired) electrons. The van der Waals surface area contributed by atoms with Gasteiger partial charge in [0.05, 0.1) is 32.9 Å². The molecule has 1 atom stereocenters. The summed E-state index contributed by atoms with van der Waals surface area (Å²) in [6.45, 7) is 2.78. The highest BCUT2D eigenvalue weighted by atomic mass is 16.5. The van der Waals surface area contributed by atoms with E-state index in [9.17, 15) is 14.4 Å². The molecule has 0 aliphatic carbocycles. The summed E-state index contributed by atoms with van der Waals surface area (Å²) in [5.74, 6) is 0.249. The van der Waals surface area contributed by atoms with Crippen molar-refractivity contribution < 1.29 is 23.9 Å². The molecule has 168 valence electrons. The van der Waals surface area contributed by atoms with Crippen molar-refractivity contribution in [2.24, 2.45) is 0 Å². The number of carbonyl (C=O) groups is 3. The molecule has 2 aromatic rings. The van der Waals surface area contributed by atoms with E-state index in [2.05, 4.69) is 5.32 Å². The van der Waals surface area contributed by atoms with E-state index in [0.29, 0.717) is 36.4 Å². The topological polar surface area (TPSA) is 88.2 Å². The number of urea groups is 1. The summed E-state index contributed by atoms with van der Waals surface area (Å²) in [4.78, 5) is 42.2. The third kappa shape index (κ3) is 3.77. The second-order valence-electron chi connectivity index (χ2n) is 8.26. The zero-order valence-electron chi connectivity index (χ0n) is 18.5. The number of amides is 4. The van der Waals surface area contributed by atoms with Gasteiger partial charge in [-0.3, -0.25) is 14.5 Å². The highest BCUT2D eigenvalue weighted by Gasteiger charge is 2.53. The van der Waals surface area contributed by atoms with Crippen molar-refractivity contribution in [2.75, 3.05) is 27.3 Å². The van der Waals surface area contributed by atoms with Crippen LogP contribution in [-0.2, 0) is 11.3 Å². The van der Waals surface area contributed by atoms with E-state index in [1.54, 1.807) is 23.1 Å². The molecule has 1 spiro atoms. The molecule has 2 heterocycles. The summed E-state index contributed by atoms with van der Waals surface area (Å²) >= 11 is 0. The highest BCUT2D eigenvalue weighted by molar-refractivity contribution is 6.08. The predicted molar refractivity (Wildman–Crippen MR) is 118 cm³/mol. The highest BCUT2D eigenvalue weighted by Crippen LogP contribution is 2.34. The van der Waals surface area contributed by atoms with E-state index >= 15 is 0 Å². The van der Waals surface area contributed by atoms with Crippen LogP contribution in [0.3, 0.4) is 0 Å². The number of benzene rings is 2. The van der Waals surface area contributed by atoms with Crippen LogP contribution in [0.25, 0.3) is 0 Å². The lowest BCUT2D eigenvalue weighted by atomic mass is 9.88. The van der Waals surface area contributed by atoms with E-state index in [1.807, 2.05) is 31.2 Å². The third-order valence-corrected chi connectivity index (χ3v) is 6.12. The van der Waals surface area contributed by atoms with Gasteiger partial charge < -0.3 is 19.7 Å². The Hall–Kier alpha value is -3.55. The summed E-state index contributed by atoms with van der Waals surface area (Å²) in [5.41, 5.74) is 1.23. The molecule has 32 heavy (non-hydrogen) atoms. The molecule has 0 saturated carbocycles.